The molecule has 0 aromatic heterocycles. The van der Waals surface area contributed by atoms with Gasteiger partial charge in [0.1, 0.15) is 0 Å². The minimum atomic E-state index is -0.460. The first-order valence-corrected chi connectivity index (χ1v) is 5.78. The number of amides is 1. The van der Waals surface area contributed by atoms with Gasteiger partial charge in [0.25, 0.3) is 0 Å². The Morgan fingerprint density at radius 2 is 2.13 bits per heavy atom. The zero-order chi connectivity index (χ0) is 10.9. The van der Waals surface area contributed by atoms with E-state index in [4.69, 9.17) is 4.74 Å². The number of aliphatic imine (C=N–C) groups is 1. The van der Waals surface area contributed by atoms with Gasteiger partial charge in [-0.25, -0.2) is 4.79 Å². The molecule has 86 valence electrons. The van der Waals surface area contributed by atoms with Crippen LogP contribution in [-0.4, -0.2) is 37.0 Å². The Hall–Kier alpha value is -1.06. The Morgan fingerprint density at radius 3 is 2.80 bits per heavy atom. The third-order valence-corrected chi connectivity index (χ3v) is 2.44. The van der Waals surface area contributed by atoms with E-state index in [1.807, 2.05) is 4.90 Å². The number of carbonyl (C=O) groups is 1. The molecule has 0 aromatic carbocycles. The third kappa shape index (κ3) is 5.40. The molecule has 0 aliphatic carbocycles. The molecule has 0 aromatic rings. The van der Waals surface area contributed by atoms with Crippen LogP contribution in [0.15, 0.2) is 4.99 Å². The van der Waals surface area contributed by atoms with E-state index in [0.29, 0.717) is 6.61 Å². The van der Waals surface area contributed by atoms with Gasteiger partial charge in [-0.2, -0.15) is 4.99 Å². The quantitative estimate of drug-likeness (QED) is 0.399. The van der Waals surface area contributed by atoms with Gasteiger partial charge in [0.2, 0.25) is 0 Å². The van der Waals surface area contributed by atoms with Crippen LogP contribution in [0.2, 0.25) is 0 Å². The number of likely N-dealkylation sites (tertiary alicyclic amines) is 1. The molecule has 1 saturated heterocycles. The molecule has 4 heteroatoms. The summed E-state index contributed by atoms with van der Waals surface area (Å²) < 4.78 is 4.94. The van der Waals surface area contributed by atoms with Crippen molar-refractivity contribution in [2.24, 2.45) is 4.99 Å². The van der Waals surface area contributed by atoms with Crippen molar-refractivity contribution < 1.29 is 9.53 Å². The summed E-state index contributed by atoms with van der Waals surface area (Å²) in [6, 6.07) is 0. The maximum atomic E-state index is 11.1. The second kappa shape index (κ2) is 7.26. The zero-order valence-electron chi connectivity index (χ0n) is 9.45. The van der Waals surface area contributed by atoms with Gasteiger partial charge >= 0.3 is 6.09 Å². The van der Waals surface area contributed by atoms with Gasteiger partial charge in [-0.3, -0.25) is 0 Å². The van der Waals surface area contributed by atoms with Crippen molar-refractivity contribution in [1.82, 2.24) is 4.90 Å². The highest BCUT2D eigenvalue weighted by molar-refractivity contribution is 5.78. The lowest BCUT2D eigenvalue weighted by Gasteiger charge is -2.08. The van der Waals surface area contributed by atoms with E-state index in [0.717, 1.165) is 32.4 Å². The highest BCUT2D eigenvalue weighted by atomic mass is 16.5. The number of unbranched alkanes of at least 4 members (excludes halogenated alkanes) is 2. The number of rotatable bonds is 5. The summed E-state index contributed by atoms with van der Waals surface area (Å²) in [7, 11) is 0. The van der Waals surface area contributed by atoms with Crippen LogP contribution in [0.25, 0.3) is 0 Å². The maximum absolute atomic E-state index is 11.1. The molecule has 1 aliphatic rings. The fourth-order valence-electron chi connectivity index (χ4n) is 1.53. The van der Waals surface area contributed by atoms with E-state index < -0.39 is 6.09 Å². The van der Waals surface area contributed by atoms with E-state index in [1.165, 1.54) is 12.8 Å². The molecule has 1 fully saturated rings. The molecule has 1 amide bonds. The van der Waals surface area contributed by atoms with Crippen LogP contribution in [0, 0.1) is 0 Å². The molecule has 0 unspecified atom stereocenters. The standard InChI is InChI=1S/C11H20N2O2/c1-2-3-6-9-15-11(14)12-10-13-7-4-5-8-13/h10H,2-9H2,1H3. The minimum Gasteiger partial charge on any atom is -0.448 e. The van der Waals surface area contributed by atoms with Gasteiger partial charge in [-0.1, -0.05) is 19.8 Å². The molecule has 0 spiro atoms. The first kappa shape index (κ1) is 12.0. The van der Waals surface area contributed by atoms with Crippen LogP contribution in [0.4, 0.5) is 4.79 Å². The van der Waals surface area contributed by atoms with Gasteiger partial charge in [0, 0.05) is 13.1 Å². The van der Waals surface area contributed by atoms with Gasteiger partial charge in [-0.05, 0) is 19.3 Å². The van der Waals surface area contributed by atoms with Crippen LogP contribution in [0.5, 0.6) is 0 Å². The normalized spacial score (nSPS) is 16.2. The summed E-state index contributed by atoms with van der Waals surface area (Å²) in [6.45, 7) is 4.62. The van der Waals surface area contributed by atoms with E-state index >= 15 is 0 Å². The smallest absolute Gasteiger partial charge is 0.434 e. The molecule has 0 N–H and O–H groups in total. The fourth-order valence-corrected chi connectivity index (χ4v) is 1.53. The Balaban J connectivity index is 2.06. The highest BCUT2D eigenvalue weighted by Crippen LogP contribution is 2.04. The van der Waals surface area contributed by atoms with Crippen LogP contribution in [0.3, 0.4) is 0 Å². The molecule has 15 heavy (non-hydrogen) atoms. The number of nitrogens with zero attached hydrogens (tertiary/aromatic N) is 2. The van der Waals surface area contributed by atoms with Crippen LogP contribution in [-0.2, 0) is 4.74 Å². The fraction of sp³-hybridized carbons (Fsp3) is 0.818. The largest absolute Gasteiger partial charge is 0.448 e. The Labute approximate surface area is 91.3 Å². The first-order chi connectivity index (χ1) is 7.33. The SMILES string of the molecule is CCCCCOC(=O)N=CN1CCCC1. The summed E-state index contributed by atoms with van der Waals surface area (Å²) in [5.74, 6) is 0. The summed E-state index contributed by atoms with van der Waals surface area (Å²) in [6.07, 6.45) is 6.70. The van der Waals surface area contributed by atoms with Gasteiger partial charge < -0.3 is 9.64 Å². The van der Waals surface area contributed by atoms with Crippen molar-refractivity contribution in [3.8, 4) is 0 Å². The van der Waals surface area contributed by atoms with Crippen molar-refractivity contribution in [2.75, 3.05) is 19.7 Å². The van der Waals surface area contributed by atoms with Crippen molar-refractivity contribution in [3.63, 3.8) is 0 Å². The summed E-state index contributed by atoms with van der Waals surface area (Å²) in [4.78, 5) is 16.9. The summed E-state index contributed by atoms with van der Waals surface area (Å²) in [5, 5.41) is 0. The average molecular weight is 212 g/mol. The third-order valence-electron chi connectivity index (χ3n) is 2.44. The Morgan fingerprint density at radius 1 is 1.40 bits per heavy atom. The topological polar surface area (TPSA) is 41.9 Å². The van der Waals surface area contributed by atoms with Crippen molar-refractivity contribution >= 4 is 12.4 Å². The highest BCUT2D eigenvalue weighted by Gasteiger charge is 2.07. The molecule has 1 aliphatic heterocycles. The lowest BCUT2D eigenvalue weighted by Crippen LogP contribution is -2.17. The molecule has 1 heterocycles. The van der Waals surface area contributed by atoms with Gasteiger partial charge in [-0.15, -0.1) is 0 Å². The van der Waals surface area contributed by atoms with E-state index in [9.17, 15) is 4.79 Å². The number of hydrogen-bond acceptors (Lipinski definition) is 2. The van der Waals surface area contributed by atoms with Gasteiger partial charge in [0.05, 0.1) is 12.9 Å². The monoisotopic (exact) mass is 212 g/mol. The maximum Gasteiger partial charge on any atom is 0.434 e. The molecule has 0 radical (unpaired) electrons. The predicted molar refractivity (Wildman–Crippen MR) is 60.2 cm³/mol. The average Bonchev–Trinajstić information content (AvgIpc) is 2.74. The number of hydrogen-bond donors (Lipinski definition) is 0. The number of ether oxygens (including phenoxy) is 1. The summed E-state index contributed by atoms with van der Waals surface area (Å²) in [5.41, 5.74) is 0. The van der Waals surface area contributed by atoms with Crippen LogP contribution in [0.1, 0.15) is 39.0 Å². The van der Waals surface area contributed by atoms with Crippen molar-refractivity contribution in [3.05, 3.63) is 0 Å². The van der Waals surface area contributed by atoms with Crippen LogP contribution >= 0.6 is 0 Å². The molecule has 0 saturated carbocycles. The molecular weight excluding hydrogens is 192 g/mol. The minimum absolute atomic E-state index is 0.460. The van der Waals surface area contributed by atoms with Crippen molar-refractivity contribution in [2.45, 2.75) is 39.0 Å². The van der Waals surface area contributed by atoms with Gasteiger partial charge in [0.15, 0.2) is 0 Å². The zero-order valence-corrected chi connectivity index (χ0v) is 9.45. The molecule has 0 bridgehead atoms. The molecule has 1 rings (SSSR count). The molecule has 0 atom stereocenters. The van der Waals surface area contributed by atoms with E-state index in [2.05, 4.69) is 11.9 Å². The second-order valence-corrected chi connectivity index (χ2v) is 3.81. The van der Waals surface area contributed by atoms with E-state index in [1.54, 1.807) is 6.34 Å². The molecular formula is C11H20N2O2. The molecule has 4 nitrogen and oxygen atoms in total. The first-order valence-electron chi connectivity index (χ1n) is 5.78. The Kier molecular flexibility index (Phi) is 5.81. The number of carbonyl (C=O) groups excluding carboxylic acids is 1. The lowest BCUT2D eigenvalue weighted by atomic mass is 10.3. The van der Waals surface area contributed by atoms with Crippen LogP contribution < -0.4 is 0 Å². The van der Waals surface area contributed by atoms with E-state index in [-0.39, 0.29) is 0 Å². The lowest BCUT2D eigenvalue weighted by molar-refractivity contribution is 0.155. The van der Waals surface area contributed by atoms with Crippen molar-refractivity contribution in [1.29, 1.82) is 0 Å². The second-order valence-electron chi connectivity index (χ2n) is 3.81. The Bertz CT molecular complexity index is 211. The summed E-state index contributed by atoms with van der Waals surface area (Å²) >= 11 is 0. The predicted octanol–water partition coefficient (Wildman–Crippen LogP) is 2.44.